The molecule has 0 fully saturated rings. The predicted molar refractivity (Wildman–Crippen MR) is 56.9 cm³/mol. The second kappa shape index (κ2) is 6.02. The first kappa shape index (κ1) is 10.6. The molecule has 0 aromatic heterocycles. The molecule has 0 aliphatic carbocycles. The van der Waals surface area contributed by atoms with Gasteiger partial charge in [0, 0.05) is 24.3 Å². The van der Waals surface area contributed by atoms with E-state index in [1.807, 2.05) is 12.1 Å². The maximum absolute atomic E-state index is 5.54. The van der Waals surface area contributed by atoms with Gasteiger partial charge in [-0.05, 0) is 17.7 Å². The van der Waals surface area contributed by atoms with Crippen molar-refractivity contribution in [3.8, 4) is 0 Å². The molecule has 72 valence electrons. The molecule has 2 nitrogen and oxygen atoms in total. The lowest BCUT2D eigenvalue weighted by molar-refractivity contribution is 0.218. The summed E-state index contributed by atoms with van der Waals surface area (Å²) in [5.41, 5.74) is 6.72. The van der Waals surface area contributed by atoms with E-state index in [9.17, 15) is 0 Å². The summed E-state index contributed by atoms with van der Waals surface area (Å²) in [6.45, 7) is 1.40. The number of rotatable bonds is 5. The molecule has 1 aromatic rings. The molecule has 0 aliphatic rings. The van der Waals surface area contributed by atoms with E-state index in [0.29, 0.717) is 6.54 Å². The Morgan fingerprint density at radius 2 is 2.31 bits per heavy atom. The number of nitrogens with two attached hydrogens (primary N) is 1. The van der Waals surface area contributed by atoms with Crippen molar-refractivity contribution in [2.75, 3.05) is 19.5 Å². The molecule has 1 aromatic carbocycles. The van der Waals surface area contributed by atoms with Crippen molar-refractivity contribution in [2.45, 2.75) is 11.4 Å². The van der Waals surface area contributed by atoms with Crippen LogP contribution in [-0.2, 0) is 11.3 Å². The lowest BCUT2D eigenvalue weighted by Gasteiger charge is -2.02. The van der Waals surface area contributed by atoms with Crippen molar-refractivity contribution < 1.29 is 4.74 Å². The van der Waals surface area contributed by atoms with Crippen LogP contribution in [0.4, 0.5) is 0 Å². The number of benzene rings is 1. The van der Waals surface area contributed by atoms with Crippen LogP contribution in [0.15, 0.2) is 29.2 Å². The van der Waals surface area contributed by atoms with E-state index in [1.165, 1.54) is 10.5 Å². The number of ether oxygens (including phenoxy) is 1. The van der Waals surface area contributed by atoms with Gasteiger partial charge < -0.3 is 10.5 Å². The lowest BCUT2D eigenvalue weighted by Crippen LogP contribution is -1.96. The van der Waals surface area contributed by atoms with E-state index in [2.05, 4.69) is 12.1 Å². The van der Waals surface area contributed by atoms with Gasteiger partial charge in [-0.1, -0.05) is 12.1 Å². The highest BCUT2D eigenvalue weighted by molar-refractivity contribution is 7.99. The highest BCUT2D eigenvalue weighted by Gasteiger charge is 1.94. The average molecular weight is 197 g/mol. The summed E-state index contributed by atoms with van der Waals surface area (Å²) in [5.74, 6) is 0.991. The van der Waals surface area contributed by atoms with Crippen molar-refractivity contribution in [3.63, 3.8) is 0 Å². The summed E-state index contributed by atoms with van der Waals surface area (Å²) in [4.78, 5) is 1.26. The molecular formula is C10H15NOS. The van der Waals surface area contributed by atoms with Gasteiger partial charge in [-0.2, -0.15) is 0 Å². The third-order valence-electron chi connectivity index (χ3n) is 1.69. The molecule has 3 heteroatoms. The van der Waals surface area contributed by atoms with E-state index in [1.54, 1.807) is 18.9 Å². The van der Waals surface area contributed by atoms with Gasteiger partial charge in [0.2, 0.25) is 0 Å². The van der Waals surface area contributed by atoms with Crippen LogP contribution in [0.3, 0.4) is 0 Å². The molecule has 0 heterocycles. The highest BCUT2D eigenvalue weighted by Crippen LogP contribution is 2.18. The molecule has 1 rings (SSSR count). The molecule has 0 saturated carbocycles. The fraction of sp³-hybridized carbons (Fsp3) is 0.400. The van der Waals surface area contributed by atoms with Crippen LogP contribution in [0, 0.1) is 0 Å². The fourth-order valence-electron chi connectivity index (χ4n) is 1.01. The Labute approximate surface area is 83.5 Å². The van der Waals surface area contributed by atoms with Gasteiger partial charge >= 0.3 is 0 Å². The van der Waals surface area contributed by atoms with Crippen molar-refractivity contribution in [1.82, 2.24) is 0 Å². The summed E-state index contributed by atoms with van der Waals surface area (Å²) in [6, 6.07) is 8.30. The summed E-state index contributed by atoms with van der Waals surface area (Å²) >= 11 is 1.79. The maximum atomic E-state index is 5.54. The van der Waals surface area contributed by atoms with Crippen LogP contribution < -0.4 is 5.73 Å². The third-order valence-corrected chi connectivity index (χ3v) is 2.65. The second-order valence-corrected chi connectivity index (χ2v) is 3.86. The average Bonchev–Trinajstić information content (AvgIpc) is 2.19. The standard InChI is InChI=1S/C10H15NOS/c1-12-5-6-13-10-4-2-3-9(7-10)8-11/h2-4,7H,5-6,8,11H2,1H3. The van der Waals surface area contributed by atoms with Crippen LogP contribution in [0.2, 0.25) is 0 Å². The van der Waals surface area contributed by atoms with Crippen molar-refractivity contribution in [3.05, 3.63) is 29.8 Å². The molecule has 0 bridgehead atoms. The SMILES string of the molecule is COCCSc1cccc(CN)c1. The largest absolute Gasteiger partial charge is 0.384 e. The number of thioether (sulfide) groups is 1. The first-order valence-electron chi connectivity index (χ1n) is 4.27. The summed E-state index contributed by atoms with van der Waals surface area (Å²) in [6.07, 6.45) is 0. The lowest BCUT2D eigenvalue weighted by atomic mass is 10.2. The van der Waals surface area contributed by atoms with E-state index >= 15 is 0 Å². The number of hydrogen-bond donors (Lipinski definition) is 1. The Morgan fingerprint density at radius 1 is 1.46 bits per heavy atom. The minimum absolute atomic E-state index is 0.610. The highest BCUT2D eigenvalue weighted by atomic mass is 32.2. The van der Waals surface area contributed by atoms with Crippen LogP contribution in [0.25, 0.3) is 0 Å². The molecule has 2 N–H and O–H groups in total. The van der Waals surface area contributed by atoms with Gasteiger partial charge in [-0.25, -0.2) is 0 Å². The van der Waals surface area contributed by atoms with Crippen molar-refractivity contribution >= 4 is 11.8 Å². The van der Waals surface area contributed by atoms with Gasteiger partial charge in [0.05, 0.1) is 6.61 Å². The second-order valence-electron chi connectivity index (χ2n) is 2.69. The van der Waals surface area contributed by atoms with Crippen LogP contribution in [-0.4, -0.2) is 19.5 Å². The molecular weight excluding hydrogens is 182 g/mol. The van der Waals surface area contributed by atoms with Gasteiger partial charge in [0.15, 0.2) is 0 Å². The van der Waals surface area contributed by atoms with Crippen LogP contribution in [0.1, 0.15) is 5.56 Å². The predicted octanol–water partition coefficient (Wildman–Crippen LogP) is 1.88. The smallest absolute Gasteiger partial charge is 0.0556 e. The monoisotopic (exact) mass is 197 g/mol. The molecule has 0 unspecified atom stereocenters. The summed E-state index contributed by atoms with van der Waals surface area (Å²) in [7, 11) is 1.72. The topological polar surface area (TPSA) is 35.2 Å². The zero-order valence-electron chi connectivity index (χ0n) is 7.82. The Kier molecular flexibility index (Phi) is 4.90. The molecule has 0 atom stereocenters. The Balaban J connectivity index is 2.46. The Bertz CT molecular complexity index is 252. The quantitative estimate of drug-likeness (QED) is 0.578. The molecule has 0 aliphatic heterocycles. The van der Waals surface area contributed by atoms with E-state index < -0.39 is 0 Å². The normalized spacial score (nSPS) is 10.3. The molecule has 0 spiro atoms. The van der Waals surface area contributed by atoms with Crippen molar-refractivity contribution in [2.24, 2.45) is 5.73 Å². The third kappa shape index (κ3) is 3.81. The zero-order valence-corrected chi connectivity index (χ0v) is 8.64. The van der Waals surface area contributed by atoms with Gasteiger partial charge in [0.1, 0.15) is 0 Å². The summed E-state index contributed by atoms with van der Waals surface area (Å²) < 4.78 is 4.97. The van der Waals surface area contributed by atoms with E-state index in [-0.39, 0.29) is 0 Å². The Morgan fingerprint density at radius 3 is 3.00 bits per heavy atom. The van der Waals surface area contributed by atoms with Crippen LogP contribution >= 0.6 is 11.8 Å². The van der Waals surface area contributed by atoms with E-state index in [0.717, 1.165) is 12.4 Å². The summed E-state index contributed by atoms with van der Waals surface area (Å²) in [5, 5.41) is 0. The van der Waals surface area contributed by atoms with Crippen molar-refractivity contribution in [1.29, 1.82) is 0 Å². The molecule has 13 heavy (non-hydrogen) atoms. The Hall–Kier alpha value is -0.510. The molecule has 0 amide bonds. The zero-order chi connectivity index (χ0) is 9.52. The first-order valence-corrected chi connectivity index (χ1v) is 5.26. The molecule has 0 radical (unpaired) electrons. The van der Waals surface area contributed by atoms with Gasteiger partial charge in [-0.3, -0.25) is 0 Å². The fourth-order valence-corrected chi connectivity index (χ4v) is 1.90. The van der Waals surface area contributed by atoms with E-state index in [4.69, 9.17) is 10.5 Å². The minimum atomic E-state index is 0.610. The van der Waals surface area contributed by atoms with Crippen LogP contribution in [0.5, 0.6) is 0 Å². The minimum Gasteiger partial charge on any atom is -0.384 e. The number of hydrogen-bond acceptors (Lipinski definition) is 3. The van der Waals surface area contributed by atoms with Gasteiger partial charge in [-0.15, -0.1) is 11.8 Å². The van der Waals surface area contributed by atoms with Gasteiger partial charge in [0.25, 0.3) is 0 Å². The number of methoxy groups -OCH3 is 1. The maximum Gasteiger partial charge on any atom is 0.0556 e. The first-order chi connectivity index (χ1) is 6.36. The molecule has 0 saturated heterocycles.